The maximum Gasteiger partial charge on any atom is 0.266 e. The van der Waals surface area contributed by atoms with Crippen LogP contribution in [-0.4, -0.2) is 27.5 Å². The average molecular weight is 474 g/mol. The summed E-state index contributed by atoms with van der Waals surface area (Å²) >= 11 is 1.24. The molecule has 4 aromatic rings. The molecule has 0 radical (unpaired) electrons. The van der Waals surface area contributed by atoms with Gasteiger partial charge in [0.25, 0.3) is 5.56 Å². The lowest BCUT2D eigenvalue weighted by Crippen LogP contribution is -2.26. The van der Waals surface area contributed by atoms with E-state index in [0.717, 1.165) is 16.8 Å². The molecule has 0 aliphatic carbocycles. The van der Waals surface area contributed by atoms with E-state index < -0.39 is 5.25 Å². The third-order valence-electron chi connectivity index (χ3n) is 5.63. The van der Waals surface area contributed by atoms with Crippen LogP contribution in [0.15, 0.2) is 70.6 Å². The number of hydrogen-bond donors (Lipinski definition) is 1. The van der Waals surface area contributed by atoms with Crippen molar-refractivity contribution in [1.29, 1.82) is 0 Å². The van der Waals surface area contributed by atoms with Crippen LogP contribution in [0.3, 0.4) is 0 Å². The van der Waals surface area contributed by atoms with Crippen molar-refractivity contribution in [2.75, 3.05) is 12.1 Å². The largest absolute Gasteiger partial charge is 0.454 e. The molecule has 1 amide bonds. The molecule has 1 N–H and O–H groups in total. The first-order valence-corrected chi connectivity index (χ1v) is 11.8. The number of nitrogens with zero attached hydrogens (tertiary/aromatic N) is 2. The number of hydrogen-bond acceptors (Lipinski definition) is 6. The molecule has 7 nitrogen and oxygen atoms in total. The molecule has 0 bridgehead atoms. The van der Waals surface area contributed by atoms with E-state index in [0.29, 0.717) is 33.2 Å². The quantitative estimate of drug-likeness (QED) is 0.330. The molecule has 0 saturated heterocycles. The molecule has 8 heteroatoms. The number of anilines is 1. The molecular weight excluding hydrogens is 450 g/mol. The third-order valence-corrected chi connectivity index (χ3v) is 6.68. The number of carbonyl (C=O) groups excluding carboxylic acids is 1. The maximum atomic E-state index is 13.5. The Morgan fingerprint density at radius 2 is 1.85 bits per heavy atom. The minimum atomic E-state index is -0.518. The van der Waals surface area contributed by atoms with Gasteiger partial charge >= 0.3 is 0 Å². The van der Waals surface area contributed by atoms with Crippen LogP contribution in [0.25, 0.3) is 16.6 Å². The van der Waals surface area contributed by atoms with Crippen molar-refractivity contribution in [2.24, 2.45) is 0 Å². The van der Waals surface area contributed by atoms with E-state index >= 15 is 0 Å². The van der Waals surface area contributed by atoms with Gasteiger partial charge in [0.2, 0.25) is 12.7 Å². The Balaban J connectivity index is 1.50. The Bertz CT molecular complexity index is 1480. The van der Waals surface area contributed by atoms with E-state index in [9.17, 15) is 9.59 Å². The van der Waals surface area contributed by atoms with Crippen LogP contribution in [0.5, 0.6) is 11.5 Å². The summed E-state index contributed by atoms with van der Waals surface area (Å²) in [6.45, 7) is 5.94. The number of nitrogens with one attached hydrogen (secondary N) is 1. The van der Waals surface area contributed by atoms with Crippen LogP contribution in [0, 0.1) is 13.8 Å². The minimum Gasteiger partial charge on any atom is -0.454 e. The Labute approximate surface area is 200 Å². The molecule has 0 fully saturated rings. The van der Waals surface area contributed by atoms with Crippen molar-refractivity contribution in [3.63, 3.8) is 0 Å². The fourth-order valence-corrected chi connectivity index (χ4v) is 4.81. The van der Waals surface area contributed by atoms with E-state index in [1.165, 1.54) is 11.8 Å². The van der Waals surface area contributed by atoms with Gasteiger partial charge in [0.1, 0.15) is 0 Å². The van der Waals surface area contributed by atoms with Gasteiger partial charge in [-0.05, 0) is 56.7 Å². The number of para-hydroxylation sites is 1. The number of rotatable bonds is 5. The highest BCUT2D eigenvalue weighted by Crippen LogP contribution is 2.34. The first kappa shape index (κ1) is 22.0. The van der Waals surface area contributed by atoms with Gasteiger partial charge in [-0.25, -0.2) is 4.98 Å². The molecule has 0 spiro atoms. The van der Waals surface area contributed by atoms with Gasteiger partial charge in [-0.15, -0.1) is 0 Å². The molecule has 1 unspecified atom stereocenters. The van der Waals surface area contributed by atoms with Crippen LogP contribution in [0.1, 0.15) is 18.1 Å². The summed E-state index contributed by atoms with van der Waals surface area (Å²) in [5.74, 6) is 1.04. The smallest absolute Gasteiger partial charge is 0.266 e. The molecule has 1 aromatic heterocycles. The fourth-order valence-electron chi connectivity index (χ4n) is 3.89. The van der Waals surface area contributed by atoms with Crippen LogP contribution < -0.4 is 20.3 Å². The lowest BCUT2D eigenvalue weighted by atomic mass is 10.1. The van der Waals surface area contributed by atoms with E-state index in [2.05, 4.69) is 5.32 Å². The lowest BCUT2D eigenvalue weighted by molar-refractivity contribution is -0.115. The third kappa shape index (κ3) is 4.12. The van der Waals surface area contributed by atoms with Gasteiger partial charge in [0.15, 0.2) is 16.7 Å². The van der Waals surface area contributed by atoms with Crippen LogP contribution >= 0.6 is 11.8 Å². The van der Waals surface area contributed by atoms with E-state index in [4.69, 9.17) is 14.5 Å². The van der Waals surface area contributed by atoms with Gasteiger partial charge in [0, 0.05) is 11.8 Å². The molecule has 1 atom stereocenters. The summed E-state index contributed by atoms with van der Waals surface area (Å²) in [6.07, 6.45) is 0. The number of carbonyl (C=O) groups is 1. The maximum absolute atomic E-state index is 13.5. The van der Waals surface area contributed by atoms with Gasteiger partial charge in [-0.1, -0.05) is 41.6 Å². The fraction of sp³-hybridized carbons (Fsp3) is 0.192. The van der Waals surface area contributed by atoms with Crippen LogP contribution in [0.2, 0.25) is 0 Å². The summed E-state index contributed by atoms with van der Waals surface area (Å²) in [5.41, 5.74) is 3.86. The molecule has 1 aliphatic rings. The van der Waals surface area contributed by atoms with E-state index in [-0.39, 0.29) is 18.3 Å². The van der Waals surface area contributed by atoms with Gasteiger partial charge < -0.3 is 14.8 Å². The summed E-state index contributed by atoms with van der Waals surface area (Å²) in [6, 6.07) is 18.4. The van der Waals surface area contributed by atoms with Crippen LogP contribution in [0.4, 0.5) is 5.69 Å². The molecular formula is C26H23N3O4S. The lowest BCUT2D eigenvalue weighted by Gasteiger charge is -2.18. The minimum absolute atomic E-state index is 0.163. The van der Waals surface area contributed by atoms with E-state index in [1.807, 2.05) is 50.2 Å². The van der Waals surface area contributed by atoms with Crippen molar-refractivity contribution in [3.8, 4) is 17.2 Å². The number of thioether (sulfide) groups is 1. The molecule has 0 saturated carbocycles. The number of amides is 1. The molecule has 1 aliphatic heterocycles. The average Bonchev–Trinajstić information content (AvgIpc) is 3.28. The van der Waals surface area contributed by atoms with E-state index in [1.54, 1.807) is 35.8 Å². The molecule has 172 valence electrons. The Morgan fingerprint density at radius 1 is 1.06 bits per heavy atom. The summed E-state index contributed by atoms with van der Waals surface area (Å²) in [7, 11) is 0. The Hall–Kier alpha value is -3.78. The van der Waals surface area contributed by atoms with Crippen molar-refractivity contribution >= 4 is 34.3 Å². The predicted molar refractivity (Wildman–Crippen MR) is 133 cm³/mol. The molecule has 5 rings (SSSR count). The zero-order valence-corrected chi connectivity index (χ0v) is 19.8. The number of fused-ring (bicyclic) bond motifs is 2. The highest BCUT2D eigenvalue weighted by molar-refractivity contribution is 8.00. The monoisotopic (exact) mass is 473 g/mol. The standard InChI is InChI=1S/C26H23N3O4S/c1-15-8-10-21(16(2)12-15)29-25(31)19-6-4-5-7-20(19)28-26(29)34-17(3)24(30)27-18-9-11-22-23(13-18)33-14-32-22/h4-13,17H,14H2,1-3H3,(H,27,30). The number of aromatic nitrogens is 2. The Kier molecular flexibility index (Phi) is 5.75. The van der Waals surface area contributed by atoms with Gasteiger partial charge in [-0.2, -0.15) is 0 Å². The number of ether oxygens (including phenoxy) is 2. The second-order valence-corrected chi connectivity index (χ2v) is 9.47. The van der Waals surface area contributed by atoms with Crippen molar-refractivity contribution in [3.05, 3.63) is 82.1 Å². The normalized spacial score (nSPS) is 13.1. The SMILES string of the molecule is Cc1ccc(-n2c(SC(C)C(=O)Nc3ccc4c(c3)OCO4)nc3ccccc3c2=O)c(C)c1. The molecule has 2 heterocycles. The number of aryl methyl sites for hydroxylation is 2. The summed E-state index contributed by atoms with van der Waals surface area (Å²) < 4.78 is 12.3. The highest BCUT2D eigenvalue weighted by Gasteiger charge is 2.22. The Morgan fingerprint density at radius 3 is 2.68 bits per heavy atom. The van der Waals surface area contributed by atoms with Gasteiger partial charge in [-0.3, -0.25) is 14.2 Å². The first-order valence-electron chi connectivity index (χ1n) is 10.9. The highest BCUT2D eigenvalue weighted by atomic mass is 32.2. The second-order valence-electron chi connectivity index (χ2n) is 8.16. The van der Waals surface area contributed by atoms with Crippen molar-refractivity contribution < 1.29 is 14.3 Å². The molecule has 3 aromatic carbocycles. The second kappa shape index (κ2) is 8.87. The molecule has 34 heavy (non-hydrogen) atoms. The summed E-state index contributed by atoms with van der Waals surface area (Å²) in [4.78, 5) is 31.3. The van der Waals surface area contributed by atoms with Crippen molar-refractivity contribution in [2.45, 2.75) is 31.2 Å². The van der Waals surface area contributed by atoms with Crippen molar-refractivity contribution in [1.82, 2.24) is 9.55 Å². The predicted octanol–water partition coefficient (Wildman–Crippen LogP) is 4.85. The van der Waals surface area contributed by atoms with Crippen LogP contribution in [-0.2, 0) is 4.79 Å². The number of benzene rings is 3. The topological polar surface area (TPSA) is 82.5 Å². The first-order chi connectivity index (χ1) is 16.4. The zero-order valence-electron chi connectivity index (χ0n) is 19.0. The summed E-state index contributed by atoms with van der Waals surface area (Å²) in [5, 5.41) is 3.39. The zero-order chi connectivity index (χ0) is 23.8. The van der Waals surface area contributed by atoms with Gasteiger partial charge in [0.05, 0.1) is 21.8 Å².